The van der Waals surface area contributed by atoms with Crippen molar-refractivity contribution in [2.75, 3.05) is 5.32 Å². The van der Waals surface area contributed by atoms with Crippen molar-refractivity contribution < 1.29 is 22.4 Å². The second-order valence-electron chi connectivity index (χ2n) is 7.22. The molecule has 5 rings (SSSR count). The molecule has 2 aromatic heterocycles. The molecule has 0 saturated carbocycles. The number of fused-ring (bicyclic) bond motifs is 1. The molecule has 0 unspecified atom stereocenters. The first-order chi connectivity index (χ1) is 14.3. The fraction of sp³-hybridized carbons (Fsp3) is 0.250. The monoisotopic (exact) mass is 434 g/mol. The molecule has 0 amide bonds. The van der Waals surface area contributed by atoms with Gasteiger partial charge in [-0.05, 0) is 36.2 Å². The van der Waals surface area contributed by atoms with Gasteiger partial charge in [0.25, 0.3) is 5.82 Å². The molecule has 154 valence electrons. The quantitative estimate of drug-likeness (QED) is 0.617. The van der Waals surface area contributed by atoms with Gasteiger partial charge in [-0.1, -0.05) is 23.7 Å². The first kappa shape index (κ1) is 18.9. The van der Waals surface area contributed by atoms with E-state index in [1.807, 2.05) is 0 Å². The van der Waals surface area contributed by atoms with Crippen LogP contribution < -0.4 is 5.32 Å². The molecule has 0 radical (unpaired) electrons. The Bertz CT molecular complexity index is 1170. The predicted octanol–water partition coefficient (Wildman–Crippen LogP) is 4.96. The Hall–Kier alpha value is -3.07. The molecule has 30 heavy (non-hydrogen) atoms. The molecule has 10 heteroatoms. The van der Waals surface area contributed by atoms with Gasteiger partial charge in [0.2, 0.25) is 5.95 Å². The fourth-order valence-electron chi connectivity index (χ4n) is 4.04. The zero-order chi connectivity index (χ0) is 21.0. The molecular formula is C20H14ClF3N4O2. The maximum atomic E-state index is 13.3. The summed E-state index contributed by atoms with van der Waals surface area (Å²) >= 11 is 6.12. The van der Waals surface area contributed by atoms with Gasteiger partial charge in [0.15, 0.2) is 5.78 Å². The summed E-state index contributed by atoms with van der Waals surface area (Å²) in [4.78, 5) is 16.8. The highest BCUT2D eigenvalue weighted by atomic mass is 35.5. The van der Waals surface area contributed by atoms with Gasteiger partial charge in [0.05, 0.1) is 6.26 Å². The fourth-order valence-corrected chi connectivity index (χ4v) is 4.24. The Kier molecular flexibility index (Phi) is 4.25. The first-order valence-corrected chi connectivity index (χ1v) is 9.55. The van der Waals surface area contributed by atoms with E-state index in [9.17, 15) is 18.0 Å². The number of benzene rings is 1. The Balaban J connectivity index is 1.65. The van der Waals surface area contributed by atoms with E-state index in [2.05, 4.69) is 15.4 Å². The summed E-state index contributed by atoms with van der Waals surface area (Å²) in [5.74, 6) is -1.09. The van der Waals surface area contributed by atoms with Crippen molar-refractivity contribution in [2.45, 2.75) is 31.0 Å². The lowest BCUT2D eigenvalue weighted by Gasteiger charge is -2.34. The van der Waals surface area contributed by atoms with Gasteiger partial charge in [-0.2, -0.15) is 18.2 Å². The van der Waals surface area contributed by atoms with Gasteiger partial charge in [-0.25, -0.2) is 4.68 Å². The summed E-state index contributed by atoms with van der Waals surface area (Å²) in [6.07, 6.45) is -2.60. The highest BCUT2D eigenvalue weighted by Gasteiger charge is 2.43. The standard InChI is InChI=1S/C20H14ClF3N4O2/c21-12-4-1-3-10(7-12)17-16-13(8-11(9-14(16)29)15-5-2-6-30-15)25-19-26-18(20(22,23)24)27-28(17)19/h1-7,11,17H,8-9H2,(H,25,26,27)/t11-,17+/m1/s1. The van der Waals surface area contributed by atoms with Crippen molar-refractivity contribution in [3.8, 4) is 0 Å². The number of halogens is 4. The number of aromatic nitrogens is 3. The molecule has 3 aromatic rings. The SMILES string of the molecule is O=C1C[C@H](c2ccco2)CC2=C1[C@H](c1cccc(Cl)c1)n1nc(C(F)(F)F)nc1N2. The van der Waals surface area contributed by atoms with Crippen LogP contribution in [0, 0.1) is 0 Å². The Morgan fingerprint density at radius 2 is 2.03 bits per heavy atom. The summed E-state index contributed by atoms with van der Waals surface area (Å²) in [5.41, 5.74) is 1.44. The van der Waals surface area contributed by atoms with Gasteiger partial charge in [-0.3, -0.25) is 4.79 Å². The number of hydrogen-bond acceptors (Lipinski definition) is 5. The minimum absolute atomic E-state index is 0.0704. The molecule has 3 heterocycles. The highest BCUT2D eigenvalue weighted by Crippen LogP contribution is 2.45. The van der Waals surface area contributed by atoms with E-state index in [0.29, 0.717) is 34.0 Å². The van der Waals surface area contributed by atoms with E-state index < -0.39 is 18.0 Å². The van der Waals surface area contributed by atoms with Crippen molar-refractivity contribution in [3.63, 3.8) is 0 Å². The van der Waals surface area contributed by atoms with Gasteiger partial charge in [-0.15, -0.1) is 5.10 Å². The van der Waals surface area contributed by atoms with E-state index in [4.69, 9.17) is 16.0 Å². The largest absolute Gasteiger partial charge is 0.469 e. The van der Waals surface area contributed by atoms with Crippen LogP contribution in [0.15, 0.2) is 58.3 Å². The summed E-state index contributed by atoms with van der Waals surface area (Å²) < 4.78 is 46.4. The van der Waals surface area contributed by atoms with Crippen LogP contribution in [-0.4, -0.2) is 20.5 Å². The van der Waals surface area contributed by atoms with Crippen LogP contribution in [0.25, 0.3) is 0 Å². The summed E-state index contributed by atoms with van der Waals surface area (Å²) in [5, 5.41) is 6.98. The average molecular weight is 435 g/mol. The van der Waals surface area contributed by atoms with Crippen molar-refractivity contribution >= 4 is 23.3 Å². The number of rotatable bonds is 2. The van der Waals surface area contributed by atoms with Crippen molar-refractivity contribution in [3.05, 3.63) is 76.1 Å². The van der Waals surface area contributed by atoms with Gasteiger partial charge in [0.1, 0.15) is 11.8 Å². The predicted molar refractivity (Wildman–Crippen MR) is 101 cm³/mol. The number of allylic oxidation sites excluding steroid dienone is 2. The number of anilines is 1. The third-order valence-corrected chi connectivity index (χ3v) is 5.52. The van der Waals surface area contributed by atoms with Crippen LogP contribution in [0.4, 0.5) is 19.1 Å². The van der Waals surface area contributed by atoms with Crippen molar-refractivity contribution in [1.82, 2.24) is 14.8 Å². The number of alkyl halides is 3. The molecule has 1 aromatic carbocycles. The lowest BCUT2D eigenvalue weighted by Crippen LogP contribution is -2.33. The maximum absolute atomic E-state index is 13.3. The molecule has 0 fully saturated rings. The molecule has 1 aliphatic carbocycles. The normalized spacial score (nSPS) is 21.3. The number of nitrogens with one attached hydrogen (secondary N) is 1. The minimum atomic E-state index is -4.72. The molecule has 0 spiro atoms. The van der Waals surface area contributed by atoms with E-state index in [-0.39, 0.29) is 24.1 Å². The van der Waals surface area contributed by atoms with Crippen LogP contribution in [0.2, 0.25) is 5.02 Å². The van der Waals surface area contributed by atoms with E-state index in [1.54, 1.807) is 36.4 Å². The molecule has 2 atom stereocenters. The minimum Gasteiger partial charge on any atom is -0.469 e. The third-order valence-electron chi connectivity index (χ3n) is 5.28. The van der Waals surface area contributed by atoms with E-state index >= 15 is 0 Å². The molecule has 6 nitrogen and oxygen atoms in total. The lowest BCUT2D eigenvalue weighted by atomic mass is 9.79. The topological polar surface area (TPSA) is 73.0 Å². The molecule has 1 N–H and O–H groups in total. The lowest BCUT2D eigenvalue weighted by molar-refractivity contribution is -0.145. The van der Waals surface area contributed by atoms with E-state index in [1.165, 1.54) is 6.26 Å². The van der Waals surface area contributed by atoms with Gasteiger partial charge < -0.3 is 9.73 Å². The first-order valence-electron chi connectivity index (χ1n) is 9.17. The van der Waals surface area contributed by atoms with Crippen LogP contribution in [0.3, 0.4) is 0 Å². The number of nitrogens with zero attached hydrogens (tertiary/aromatic N) is 3. The van der Waals surface area contributed by atoms with Gasteiger partial charge in [0, 0.05) is 28.6 Å². The Labute approximate surface area is 173 Å². The molecular weight excluding hydrogens is 421 g/mol. The molecule has 1 aliphatic heterocycles. The molecule has 0 bridgehead atoms. The second kappa shape index (κ2) is 6.73. The van der Waals surface area contributed by atoms with Crippen molar-refractivity contribution in [1.29, 1.82) is 0 Å². The van der Waals surface area contributed by atoms with Crippen molar-refractivity contribution in [2.24, 2.45) is 0 Å². The number of carbonyl (C=O) groups is 1. The Morgan fingerprint density at radius 1 is 1.20 bits per heavy atom. The third kappa shape index (κ3) is 3.09. The van der Waals surface area contributed by atoms with Crippen LogP contribution in [-0.2, 0) is 11.0 Å². The highest BCUT2D eigenvalue weighted by molar-refractivity contribution is 6.30. The number of carbonyl (C=O) groups excluding carboxylic acids is 1. The summed E-state index contributed by atoms with van der Waals surface area (Å²) in [7, 11) is 0. The maximum Gasteiger partial charge on any atom is 0.453 e. The summed E-state index contributed by atoms with van der Waals surface area (Å²) in [6, 6.07) is 9.32. The molecule has 2 aliphatic rings. The zero-order valence-electron chi connectivity index (χ0n) is 15.3. The number of ketones is 1. The number of Topliss-reactive ketones (excluding diaryl/α,β-unsaturated/α-hetero) is 1. The zero-order valence-corrected chi connectivity index (χ0v) is 16.0. The second-order valence-corrected chi connectivity index (χ2v) is 7.66. The smallest absolute Gasteiger partial charge is 0.453 e. The van der Waals surface area contributed by atoms with Gasteiger partial charge >= 0.3 is 6.18 Å². The number of hydrogen-bond donors (Lipinski definition) is 1. The van der Waals surface area contributed by atoms with Crippen LogP contribution >= 0.6 is 11.6 Å². The summed E-state index contributed by atoms with van der Waals surface area (Å²) in [6.45, 7) is 0. The van der Waals surface area contributed by atoms with Crippen LogP contribution in [0.5, 0.6) is 0 Å². The Morgan fingerprint density at radius 3 is 2.73 bits per heavy atom. The number of furan rings is 1. The average Bonchev–Trinajstić information content (AvgIpc) is 3.35. The van der Waals surface area contributed by atoms with Crippen LogP contribution in [0.1, 0.15) is 41.9 Å². The molecule has 0 saturated heterocycles. The van der Waals surface area contributed by atoms with E-state index in [0.717, 1.165) is 4.68 Å².